The molecule has 1 aromatic heterocycles. The zero-order chi connectivity index (χ0) is 19.2. The van der Waals surface area contributed by atoms with Crippen molar-refractivity contribution in [1.82, 2.24) is 4.57 Å². The van der Waals surface area contributed by atoms with Crippen molar-refractivity contribution in [3.8, 4) is 5.69 Å². The number of nitrogens with zero attached hydrogens (tertiary/aromatic N) is 1. The third-order valence-electron chi connectivity index (χ3n) is 3.87. The summed E-state index contributed by atoms with van der Waals surface area (Å²) in [6.45, 7) is -0.596. The number of nitrogens with two attached hydrogens (primary N) is 1. The molecule has 0 aliphatic carbocycles. The number of anilines is 1. The van der Waals surface area contributed by atoms with Crippen LogP contribution in [0.1, 0.15) is 15.9 Å². The number of hydrogen-bond acceptors (Lipinski definition) is 4. The van der Waals surface area contributed by atoms with Gasteiger partial charge in [0, 0.05) is 11.8 Å². The molecule has 0 saturated heterocycles. The first kappa shape index (κ1) is 17.8. The second-order valence-electron chi connectivity index (χ2n) is 5.49. The highest BCUT2D eigenvalue weighted by molar-refractivity contribution is 6.35. The minimum absolute atomic E-state index is 0.00350. The molecule has 0 aliphatic heterocycles. The summed E-state index contributed by atoms with van der Waals surface area (Å²) in [5, 5.41) is 18.4. The number of hydrogen-bond donors (Lipinski definition) is 3. The van der Waals surface area contributed by atoms with Crippen LogP contribution in [0.5, 0.6) is 0 Å². The molecular formula is C17H11ClF2N2O4. The average Bonchev–Trinajstić information content (AvgIpc) is 2.57. The molecule has 2 aromatic carbocycles. The van der Waals surface area contributed by atoms with Crippen LogP contribution < -0.4 is 11.2 Å². The van der Waals surface area contributed by atoms with E-state index in [4.69, 9.17) is 17.3 Å². The van der Waals surface area contributed by atoms with E-state index in [9.17, 15) is 28.6 Å². The average molecular weight is 381 g/mol. The molecule has 0 unspecified atom stereocenters. The summed E-state index contributed by atoms with van der Waals surface area (Å²) in [7, 11) is 0. The second kappa shape index (κ2) is 6.40. The van der Waals surface area contributed by atoms with Gasteiger partial charge in [-0.3, -0.25) is 4.79 Å². The number of aliphatic hydroxyl groups excluding tert-OH is 1. The normalized spacial score (nSPS) is 11.1. The van der Waals surface area contributed by atoms with Crippen molar-refractivity contribution < 1.29 is 23.8 Å². The number of aromatic nitrogens is 1. The monoisotopic (exact) mass is 380 g/mol. The number of rotatable bonds is 3. The smallest absolute Gasteiger partial charge is 0.341 e. The Morgan fingerprint density at radius 1 is 1.23 bits per heavy atom. The standard InChI is InChI=1S/C17H11ClF2N2O4/c18-11-3-8(19)2-9-15(11)22(5-10(16(9)24)17(25)26)14-4-13(21)12(20)1-7(14)6-23/h1-5,23H,6,21H2,(H,25,26). The Morgan fingerprint density at radius 3 is 2.54 bits per heavy atom. The van der Waals surface area contributed by atoms with Crippen LogP contribution in [0, 0.1) is 11.6 Å². The van der Waals surface area contributed by atoms with Crippen molar-refractivity contribution in [2.45, 2.75) is 6.61 Å². The molecule has 4 N–H and O–H groups in total. The van der Waals surface area contributed by atoms with E-state index < -0.39 is 35.2 Å². The molecule has 134 valence electrons. The lowest BCUT2D eigenvalue weighted by molar-refractivity contribution is 0.0695. The van der Waals surface area contributed by atoms with E-state index >= 15 is 0 Å². The molecule has 0 radical (unpaired) electrons. The highest BCUT2D eigenvalue weighted by Gasteiger charge is 2.20. The Labute approximate surface area is 149 Å². The molecule has 0 saturated carbocycles. The minimum Gasteiger partial charge on any atom is -0.477 e. The fraction of sp³-hybridized carbons (Fsp3) is 0.0588. The predicted molar refractivity (Wildman–Crippen MR) is 91.8 cm³/mol. The fourth-order valence-corrected chi connectivity index (χ4v) is 2.99. The van der Waals surface area contributed by atoms with Gasteiger partial charge in [0.15, 0.2) is 0 Å². The van der Waals surface area contributed by atoms with Crippen molar-refractivity contribution in [3.05, 3.63) is 68.5 Å². The van der Waals surface area contributed by atoms with Crippen LogP contribution in [-0.2, 0) is 6.61 Å². The van der Waals surface area contributed by atoms with E-state index in [1.54, 1.807) is 0 Å². The maximum atomic E-state index is 13.7. The topological polar surface area (TPSA) is 106 Å². The lowest BCUT2D eigenvalue weighted by Gasteiger charge is -2.17. The van der Waals surface area contributed by atoms with Crippen molar-refractivity contribution in [2.75, 3.05) is 5.73 Å². The summed E-state index contributed by atoms with van der Waals surface area (Å²) < 4.78 is 28.6. The molecule has 0 amide bonds. The van der Waals surface area contributed by atoms with Crippen molar-refractivity contribution in [2.24, 2.45) is 0 Å². The van der Waals surface area contributed by atoms with Gasteiger partial charge in [-0.05, 0) is 24.3 Å². The molecule has 26 heavy (non-hydrogen) atoms. The van der Waals surface area contributed by atoms with Gasteiger partial charge in [0.25, 0.3) is 0 Å². The number of nitrogen functional groups attached to an aromatic ring is 1. The Hall–Kier alpha value is -2.97. The summed E-state index contributed by atoms with van der Waals surface area (Å²) in [6, 6.07) is 3.95. The van der Waals surface area contributed by atoms with Gasteiger partial charge in [0.05, 0.1) is 33.9 Å². The Bertz CT molecular complexity index is 1130. The van der Waals surface area contributed by atoms with Crippen LogP contribution >= 0.6 is 11.6 Å². The maximum absolute atomic E-state index is 13.7. The minimum atomic E-state index is -1.54. The Morgan fingerprint density at radius 2 is 1.92 bits per heavy atom. The quantitative estimate of drug-likeness (QED) is 0.606. The summed E-state index contributed by atoms with van der Waals surface area (Å²) in [5.41, 5.74) is 3.91. The van der Waals surface area contributed by atoms with Crippen molar-refractivity contribution >= 4 is 34.2 Å². The van der Waals surface area contributed by atoms with Gasteiger partial charge < -0.3 is 20.5 Å². The van der Waals surface area contributed by atoms with E-state index in [1.807, 2.05) is 0 Å². The van der Waals surface area contributed by atoms with Gasteiger partial charge >= 0.3 is 5.97 Å². The van der Waals surface area contributed by atoms with Crippen LogP contribution in [0.2, 0.25) is 5.02 Å². The lowest BCUT2D eigenvalue weighted by Crippen LogP contribution is -2.19. The first-order valence-electron chi connectivity index (χ1n) is 7.21. The van der Waals surface area contributed by atoms with Crippen molar-refractivity contribution in [1.29, 1.82) is 0 Å². The Balaban J connectivity index is 2.55. The summed E-state index contributed by atoms with van der Waals surface area (Å²) in [5.74, 6) is -3.14. The van der Waals surface area contributed by atoms with Gasteiger partial charge in [-0.25, -0.2) is 13.6 Å². The van der Waals surface area contributed by atoms with Crippen LogP contribution in [-0.4, -0.2) is 20.7 Å². The van der Waals surface area contributed by atoms with E-state index in [2.05, 4.69) is 0 Å². The number of halogens is 3. The highest BCUT2D eigenvalue weighted by Crippen LogP contribution is 2.29. The first-order valence-corrected chi connectivity index (χ1v) is 7.59. The van der Waals surface area contributed by atoms with Crippen LogP contribution in [0.15, 0.2) is 35.3 Å². The van der Waals surface area contributed by atoms with E-state index in [1.165, 1.54) is 4.57 Å². The summed E-state index contributed by atoms with van der Waals surface area (Å²) in [6.07, 6.45) is 0.975. The number of carboxylic acids is 1. The van der Waals surface area contributed by atoms with Crippen molar-refractivity contribution in [3.63, 3.8) is 0 Å². The van der Waals surface area contributed by atoms with Gasteiger partial charge in [0.2, 0.25) is 5.43 Å². The number of carboxylic acid groups (broad SMARTS) is 1. The SMILES string of the molecule is Nc1cc(-n2cc(C(=O)O)c(=O)c3cc(F)cc(Cl)c32)c(CO)cc1F. The van der Waals surface area contributed by atoms with E-state index in [0.29, 0.717) is 0 Å². The van der Waals surface area contributed by atoms with Gasteiger partial charge in [-0.1, -0.05) is 11.6 Å². The lowest BCUT2D eigenvalue weighted by atomic mass is 10.1. The number of aromatic carboxylic acids is 1. The maximum Gasteiger partial charge on any atom is 0.341 e. The van der Waals surface area contributed by atoms with E-state index in [0.717, 1.165) is 30.5 Å². The largest absolute Gasteiger partial charge is 0.477 e. The second-order valence-corrected chi connectivity index (χ2v) is 5.90. The zero-order valence-electron chi connectivity index (χ0n) is 13.0. The summed E-state index contributed by atoms with van der Waals surface area (Å²) >= 11 is 6.07. The van der Waals surface area contributed by atoms with Crippen LogP contribution in [0.4, 0.5) is 14.5 Å². The number of aliphatic hydroxyl groups is 1. The Kier molecular flexibility index (Phi) is 4.39. The molecule has 0 spiro atoms. The summed E-state index contributed by atoms with van der Waals surface area (Å²) in [4.78, 5) is 23.8. The van der Waals surface area contributed by atoms with Gasteiger partial charge in [-0.2, -0.15) is 0 Å². The molecule has 0 fully saturated rings. The molecule has 1 heterocycles. The van der Waals surface area contributed by atoms with Gasteiger partial charge in [-0.15, -0.1) is 0 Å². The molecule has 0 aliphatic rings. The molecule has 0 bridgehead atoms. The van der Waals surface area contributed by atoms with Crippen LogP contribution in [0.25, 0.3) is 16.6 Å². The molecule has 3 rings (SSSR count). The number of fused-ring (bicyclic) bond motifs is 1. The number of carbonyl (C=O) groups is 1. The predicted octanol–water partition coefficient (Wildman–Crippen LogP) is 2.70. The van der Waals surface area contributed by atoms with Crippen LogP contribution in [0.3, 0.4) is 0 Å². The zero-order valence-corrected chi connectivity index (χ0v) is 13.7. The molecule has 3 aromatic rings. The fourth-order valence-electron chi connectivity index (χ4n) is 2.69. The number of benzene rings is 2. The molecule has 0 atom stereocenters. The first-order chi connectivity index (χ1) is 12.2. The molecule has 6 nitrogen and oxygen atoms in total. The molecular weight excluding hydrogens is 370 g/mol. The van der Waals surface area contributed by atoms with E-state index in [-0.39, 0.29) is 32.9 Å². The highest BCUT2D eigenvalue weighted by atomic mass is 35.5. The molecule has 9 heteroatoms. The third-order valence-corrected chi connectivity index (χ3v) is 4.16. The van der Waals surface area contributed by atoms with Gasteiger partial charge in [0.1, 0.15) is 17.2 Å². The number of pyridine rings is 1. The third kappa shape index (κ3) is 2.79.